The molecule has 0 unspecified atom stereocenters. The lowest BCUT2D eigenvalue weighted by molar-refractivity contribution is -0.898. The van der Waals surface area contributed by atoms with E-state index < -0.39 is 0 Å². The molecular formula is C16H21NS2. The summed E-state index contributed by atoms with van der Waals surface area (Å²) in [5.41, 5.74) is 1.48. The summed E-state index contributed by atoms with van der Waals surface area (Å²) in [5.74, 6) is 2.46. The summed E-state index contributed by atoms with van der Waals surface area (Å²) >= 11 is 4.12. The number of thioether (sulfide) groups is 2. The molecule has 0 radical (unpaired) electrons. The van der Waals surface area contributed by atoms with Gasteiger partial charge in [0.2, 0.25) is 0 Å². The summed E-state index contributed by atoms with van der Waals surface area (Å²) in [6.07, 6.45) is 0. The second-order valence-electron chi connectivity index (χ2n) is 5.20. The molecule has 3 rings (SSSR count). The minimum Gasteiger partial charge on any atom is -0.358 e. The molecule has 1 fully saturated rings. The lowest BCUT2D eigenvalue weighted by atomic mass is 10.0. The van der Waals surface area contributed by atoms with Crippen LogP contribution in [0.5, 0.6) is 0 Å². The van der Waals surface area contributed by atoms with Crippen LogP contribution in [0.4, 0.5) is 0 Å². The van der Waals surface area contributed by atoms with Gasteiger partial charge in [0, 0.05) is 10.6 Å². The van der Waals surface area contributed by atoms with E-state index in [-0.39, 0.29) is 7.43 Å². The fourth-order valence-electron chi connectivity index (χ4n) is 2.54. The average Bonchev–Trinajstić information content (AvgIpc) is 2.40. The number of hydrogen-bond acceptors (Lipinski definition) is 2. The second-order valence-corrected chi connectivity index (χ2v) is 7.48. The number of benzene rings is 2. The van der Waals surface area contributed by atoms with Crippen LogP contribution in [0.15, 0.2) is 42.5 Å². The monoisotopic (exact) mass is 291 g/mol. The van der Waals surface area contributed by atoms with Crippen LogP contribution in [-0.2, 0) is 6.54 Å². The zero-order chi connectivity index (χ0) is 12.4. The van der Waals surface area contributed by atoms with Gasteiger partial charge in [-0.2, -0.15) is 0 Å². The zero-order valence-corrected chi connectivity index (χ0v) is 13.3. The Morgan fingerprint density at radius 2 is 1.68 bits per heavy atom. The van der Waals surface area contributed by atoms with Crippen LogP contribution in [-0.4, -0.2) is 28.4 Å². The highest BCUT2D eigenvalue weighted by atomic mass is 32.2. The van der Waals surface area contributed by atoms with Crippen molar-refractivity contribution in [3.8, 4) is 0 Å². The van der Waals surface area contributed by atoms with Gasteiger partial charge in [-0.3, -0.25) is 0 Å². The van der Waals surface area contributed by atoms with Crippen LogP contribution >= 0.6 is 23.5 Å². The van der Waals surface area contributed by atoms with E-state index >= 15 is 0 Å². The minimum absolute atomic E-state index is 0. The lowest BCUT2D eigenvalue weighted by Gasteiger charge is -2.37. The Morgan fingerprint density at radius 1 is 1.00 bits per heavy atom. The highest BCUT2D eigenvalue weighted by Crippen LogP contribution is 2.30. The number of hydrogen-bond donors (Lipinski definition) is 0. The Morgan fingerprint density at radius 3 is 2.47 bits per heavy atom. The Labute approximate surface area is 125 Å². The molecule has 102 valence electrons. The lowest BCUT2D eigenvalue weighted by Crippen LogP contribution is -2.44. The van der Waals surface area contributed by atoms with Crippen LogP contribution in [0.3, 0.4) is 0 Å². The molecule has 1 heterocycles. The summed E-state index contributed by atoms with van der Waals surface area (Å²) in [5, 5.41) is 4.03. The molecule has 0 aliphatic carbocycles. The van der Waals surface area contributed by atoms with Crippen molar-refractivity contribution in [2.24, 2.45) is 0 Å². The van der Waals surface area contributed by atoms with E-state index in [4.69, 9.17) is 0 Å². The van der Waals surface area contributed by atoms with Gasteiger partial charge in [0.15, 0.2) is 0 Å². The van der Waals surface area contributed by atoms with Gasteiger partial charge in [0.25, 0.3) is 0 Å². The third kappa shape index (κ3) is 3.28. The quantitative estimate of drug-likeness (QED) is 0.586. The molecule has 3 heteroatoms. The van der Waals surface area contributed by atoms with Crippen LogP contribution < -0.4 is 0 Å². The van der Waals surface area contributed by atoms with Gasteiger partial charge in [0.05, 0.1) is 7.05 Å². The Bertz CT molecular complexity index is 542. The Kier molecular flexibility index (Phi) is 4.82. The topological polar surface area (TPSA) is 0 Å². The first-order valence-electron chi connectivity index (χ1n) is 6.23. The second kappa shape index (κ2) is 6.21. The fourth-order valence-corrected chi connectivity index (χ4v) is 4.97. The first-order valence-corrected chi connectivity index (χ1v) is 8.53. The maximum Gasteiger partial charge on any atom is 0.127 e. The van der Waals surface area contributed by atoms with Crippen LogP contribution in [0.2, 0.25) is 0 Å². The van der Waals surface area contributed by atoms with Gasteiger partial charge in [-0.05, 0) is 10.8 Å². The van der Waals surface area contributed by atoms with Crippen molar-refractivity contribution < 1.29 is 4.48 Å². The largest absolute Gasteiger partial charge is 0.358 e. The van der Waals surface area contributed by atoms with Crippen LogP contribution in [0, 0.1) is 7.43 Å². The molecule has 2 aromatic rings. The molecule has 0 amide bonds. The molecule has 1 aliphatic heterocycles. The molecule has 1 aliphatic rings. The SMILES string of the molecule is C[N+]1(Cc2cccc3ccccc23)CSCSC1.[CH3-]. The first-order chi connectivity index (χ1) is 8.77. The average molecular weight is 291 g/mol. The number of quaternary nitrogens is 1. The van der Waals surface area contributed by atoms with Gasteiger partial charge in [-0.1, -0.05) is 66.0 Å². The number of nitrogens with zero attached hydrogens (tertiary/aromatic N) is 1. The Hall–Kier alpha value is -0.640. The molecule has 0 saturated carbocycles. The highest BCUT2D eigenvalue weighted by Gasteiger charge is 2.26. The van der Waals surface area contributed by atoms with Gasteiger partial charge in [-0.25, -0.2) is 0 Å². The molecule has 2 aromatic carbocycles. The van der Waals surface area contributed by atoms with Gasteiger partial charge in [0.1, 0.15) is 18.3 Å². The van der Waals surface area contributed by atoms with E-state index in [2.05, 4.69) is 73.0 Å². The van der Waals surface area contributed by atoms with E-state index in [1.165, 1.54) is 33.2 Å². The molecule has 0 bridgehead atoms. The van der Waals surface area contributed by atoms with Crippen molar-refractivity contribution in [3.05, 3.63) is 55.5 Å². The van der Waals surface area contributed by atoms with Gasteiger partial charge < -0.3 is 11.9 Å². The van der Waals surface area contributed by atoms with E-state index in [1.807, 2.05) is 0 Å². The number of rotatable bonds is 2. The van der Waals surface area contributed by atoms with E-state index in [9.17, 15) is 0 Å². The van der Waals surface area contributed by atoms with E-state index in [0.717, 1.165) is 11.0 Å². The molecule has 0 atom stereocenters. The molecule has 1 saturated heterocycles. The van der Waals surface area contributed by atoms with Gasteiger partial charge >= 0.3 is 0 Å². The predicted molar refractivity (Wildman–Crippen MR) is 90.0 cm³/mol. The summed E-state index contributed by atoms with van der Waals surface area (Å²) in [6, 6.07) is 15.4. The highest BCUT2D eigenvalue weighted by molar-refractivity contribution is 8.16. The smallest absolute Gasteiger partial charge is 0.127 e. The summed E-state index contributed by atoms with van der Waals surface area (Å²) in [6.45, 7) is 1.14. The Balaban J connectivity index is 0.00000133. The zero-order valence-electron chi connectivity index (χ0n) is 11.6. The normalized spacial score (nSPS) is 17.9. The molecule has 1 nitrogen and oxygen atoms in total. The molecule has 0 N–H and O–H groups in total. The number of fused-ring (bicyclic) bond motifs is 1. The third-order valence-corrected chi connectivity index (χ3v) is 6.35. The minimum atomic E-state index is 0. The molecule has 19 heavy (non-hydrogen) atoms. The summed E-state index contributed by atoms with van der Waals surface area (Å²) < 4.78 is 1.14. The van der Waals surface area contributed by atoms with Crippen molar-refractivity contribution >= 4 is 34.3 Å². The molecule has 0 aromatic heterocycles. The summed E-state index contributed by atoms with van der Waals surface area (Å²) in [4.78, 5) is 0. The molecule has 0 spiro atoms. The van der Waals surface area contributed by atoms with Crippen molar-refractivity contribution in [2.75, 3.05) is 23.9 Å². The third-order valence-electron chi connectivity index (χ3n) is 3.40. The molecular weight excluding hydrogens is 270 g/mol. The van der Waals surface area contributed by atoms with Gasteiger partial charge in [-0.15, -0.1) is 0 Å². The maximum atomic E-state index is 2.38. The van der Waals surface area contributed by atoms with Crippen molar-refractivity contribution in [2.45, 2.75) is 6.54 Å². The van der Waals surface area contributed by atoms with Crippen molar-refractivity contribution in [1.82, 2.24) is 0 Å². The van der Waals surface area contributed by atoms with Crippen molar-refractivity contribution in [1.29, 1.82) is 0 Å². The summed E-state index contributed by atoms with van der Waals surface area (Å²) in [7, 11) is 2.38. The van der Waals surface area contributed by atoms with E-state index in [0.29, 0.717) is 0 Å². The van der Waals surface area contributed by atoms with Crippen molar-refractivity contribution in [3.63, 3.8) is 0 Å². The van der Waals surface area contributed by atoms with E-state index in [1.54, 1.807) is 0 Å². The standard InChI is InChI=1S/C15H18NS2.CH3/c1-16(10-17-12-18-11-16)9-14-7-4-6-13-5-2-3-8-15(13)14;/h2-8H,9-12H2,1H3;1H3/q+1;-1. The van der Waals surface area contributed by atoms with Crippen LogP contribution in [0.1, 0.15) is 5.56 Å². The van der Waals surface area contributed by atoms with Crippen LogP contribution in [0.25, 0.3) is 10.8 Å². The first kappa shape index (κ1) is 14.8. The predicted octanol–water partition coefficient (Wildman–Crippen LogP) is 4.59. The fraction of sp³-hybridized carbons (Fsp3) is 0.312. The maximum absolute atomic E-state index is 2.38.